The zero-order valence-electron chi connectivity index (χ0n) is 11.1. The SMILES string of the molecule is CCC/C(CC)=C(\CC)CCOC(=O)NC. The molecule has 0 rings (SSSR count). The number of amides is 1. The second-order valence-electron chi connectivity index (χ2n) is 3.80. The Morgan fingerprint density at radius 2 is 1.62 bits per heavy atom. The first-order valence-corrected chi connectivity index (χ1v) is 6.23. The fourth-order valence-electron chi connectivity index (χ4n) is 1.85. The topological polar surface area (TPSA) is 38.3 Å². The Balaban J connectivity index is 4.20. The third-order valence-corrected chi connectivity index (χ3v) is 2.75. The van der Waals surface area contributed by atoms with Gasteiger partial charge < -0.3 is 10.1 Å². The van der Waals surface area contributed by atoms with E-state index in [0.29, 0.717) is 6.61 Å². The molecule has 0 aromatic carbocycles. The molecule has 0 fully saturated rings. The van der Waals surface area contributed by atoms with E-state index in [2.05, 4.69) is 26.1 Å². The molecule has 3 heteroatoms. The Bertz CT molecular complexity index is 234. The Hall–Kier alpha value is -0.990. The maximum atomic E-state index is 10.9. The third-order valence-electron chi connectivity index (χ3n) is 2.75. The first-order valence-electron chi connectivity index (χ1n) is 6.23. The lowest BCUT2D eigenvalue weighted by molar-refractivity contribution is 0.149. The lowest BCUT2D eigenvalue weighted by Gasteiger charge is -2.12. The van der Waals surface area contributed by atoms with E-state index in [0.717, 1.165) is 19.3 Å². The second kappa shape index (κ2) is 9.25. The van der Waals surface area contributed by atoms with Gasteiger partial charge in [-0.2, -0.15) is 0 Å². The van der Waals surface area contributed by atoms with Crippen LogP contribution in [-0.2, 0) is 4.74 Å². The average Bonchev–Trinajstić information content (AvgIpc) is 2.32. The molecule has 0 atom stereocenters. The maximum Gasteiger partial charge on any atom is 0.406 e. The zero-order chi connectivity index (χ0) is 12.4. The van der Waals surface area contributed by atoms with E-state index in [-0.39, 0.29) is 6.09 Å². The predicted octanol–water partition coefficient (Wildman–Crippen LogP) is 3.65. The first kappa shape index (κ1) is 15.0. The van der Waals surface area contributed by atoms with E-state index in [1.54, 1.807) is 7.05 Å². The van der Waals surface area contributed by atoms with Crippen molar-refractivity contribution in [3.8, 4) is 0 Å². The quantitative estimate of drug-likeness (QED) is 0.674. The summed E-state index contributed by atoms with van der Waals surface area (Å²) < 4.78 is 5.01. The van der Waals surface area contributed by atoms with Gasteiger partial charge in [0.05, 0.1) is 6.61 Å². The van der Waals surface area contributed by atoms with Crippen LogP contribution in [0.2, 0.25) is 0 Å². The van der Waals surface area contributed by atoms with Crippen LogP contribution in [0.5, 0.6) is 0 Å². The molecule has 3 nitrogen and oxygen atoms in total. The largest absolute Gasteiger partial charge is 0.449 e. The fourth-order valence-corrected chi connectivity index (χ4v) is 1.85. The molecule has 0 saturated heterocycles. The molecule has 0 spiro atoms. The summed E-state index contributed by atoms with van der Waals surface area (Å²) in [5.74, 6) is 0. The maximum absolute atomic E-state index is 10.9. The summed E-state index contributed by atoms with van der Waals surface area (Å²) in [5, 5.41) is 2.45. The minimum atomic E-state index is -0.344. The lowest BCUT2D eigenvalue weighted by atomic mass is 9.97. The highest BCUT2D eigenvalue weighted by molar-refractivity contribution is 5.66. The summed E-state index contributed by atoms with van der Waals surface area (Å²) in [4.78, 5) is 10.9. The van der Waals surface area contributed by atoms with Gasteiger partial charge in [0.15, 0.2) is 0 Å². The molecule has 1 N–H and O–H groups in total. The molecule has 0 bridgehead atoms. The van der Waals surface area contributed by atoms with Gasteiger partial charge in [-0.3, -0.25) is 0 Å². The summed E-state index contributed by atoms with van der Waals surface area (Å²) >= 11 is 0. The monoisotopic (exact) mass is 227 g/mol. The van der Waals surface area contributed by atoms with E-state index in [1.165, 1.54) is 24.0 Å². The van der Waals surface area contributed by atoms with Crippen molar-refractivity contribution in [2.24, 2.45) is 0 Å². The fraction of sp³-hybridized carbons (Fsp3) is 0.769. The highest BCUT2D eigenvalue weighted by atomic mass is 16.5. The molecule has 0 aliphatic heterocycles. The number of carbonyl (C=O) groups is 1. The number of hydrogen-bond acceptors (Lipinski definition) is 2. The van der Waals surface area contributed by atoms with Crippen LogP contribution < -0.4 is 5.32 Å². The number of carbonyl (C=O) groups excluding carboxylic acids is 1. The van der Waals surface area contributed by atoms with E-state index in [4.69, 9.17) is 4.74 Å². The molecule has 0 heterocycles. The molecular formula is C13H25NO2. The van der Waals surface area contributed by atoms with Gasteiger partial charge in [0, 0.05) is 13.5 Å². The van der Waals surface area contributed by atoms with E-state index >= 15 is 0 Å². The summed E-state index contributed by atoms with van der Waals surface area (Å²) in [6.45, 7) is 7.04. The number of hydrogen-bond donors (Lipinski definition) is 1. The molecule has 16 heavy (non-hydrogen) atoms. The first-order chi connectivity index (χ1) is 7.69. The van der Waals surface area contributed by atoms with Crippen molar-refractivity contribution in [3.05, 3.63) is 11.1 Å². The lowest BCUT2D eigenvalue weighted by Crippen LogP contribution is -2.19. The van der Waals surface area contributed by atoms with Crippen molar-refractivity contribution in [3.63, 3.8) is 0 Å². The smallest absolute Gasteiger partial charge is 0.406 e. The Morgan fingerprint density at radius 1 is 1.06 bits per heavy atom. The number of ether oxygens (including phenoxy) is 1. The van der Waals surface area contributed by atoms with Crippen LogP contribution in [0.4, 0.5) is 4.79 Å². The molecule has 0 aliphatic rings. The van der Waals surface area contributed by atoms with Crippen molar-refractivity contribution in [1.82, 2.24) is 5.32 Å². The van der Waals surface area contributed by atoms with Crippen LogP contribution in [0, 0.1) is 0 Å². The van der Waals surface area contributed by atoms with Gasteiger partial charge in [-0.1, -0.05) is 38.3 Å². The van der Waals surface area contributed by atoms with Gasteiger partial charge in [0.2, 0.25) is 0 Å². The highest BCUT2D eigenvalue weighted by Crippen LogP contribution is 2.20. The summed E-state index contributed by atoms with van der Waals surface area (Å²) in [5.41, 5.74) is 2.98. The van der Waals surface area contributed by atoms with Gasteiger partial charge in [0.25, 0.3) is 0 Å². The highest BCUT2D eigenvalue weighted by Gasteiger charge is 2.04. The van der Waals surface area contributed by atoms with Crippen LogP contribution in [0.1, 0.15) is 52.9 Å². The molecule has 0 radical (unpaired) electrons. The molecule has 1 amide bonds. The predicted molar refractivity (Wildman–Crippen MR) is 67.5 cm³/mol. The van der Waals surface area contributed by atoms with E-state index in [9.17, 15) is 4.79 Å². The molecule has 0 aliphatic carbocycles. The van der Waals surface area contributed by atoms with Crippen molar-refractivity contribution in [2.75, 3.05) is 13.7 Å². The Labute approximate surface area is 99.3 Å². The van der Waals surface area contributed by atoms with Gasteiger partial charge in [-0.05, 0) is 19.3 Å². The van der Waals surface area contributed by atoms with Crippen LogP contribution >= 0.6 is 0 Å². The normalized spacial score (nSPS) is 12.0. The minimum absolute atomic E-state index is 0.344. The number of allylic oxidation sites excluding steroid dienone is 1. The van der Waals surface area contributed by atoms with Gasteiger partial charge in [-0.15, -0.1) is 0 Å². The summed E-state index contributed by atoms with van der Waals surface area (Å²) in [6, 6.07) is 0. The zero-order valence-corrected chi connectivity index (χ0v) is 11.1. The van der Waals surface area contributed by atoms with Crippen LogP contribution in [0.3, 0.4) is 0 Å². The summed E-state index contributed by atoms with van der Waals surface area (Å²) in [6.07, 6.45) is 5.04. The van der Waals surface area contributed by atoms with E-state index in [1.807, 2.05) is 0 Å². The molecule has 0 saturated carbocycles. The van der Waals surface area contributed by atoms with Gasteiger partial charge in [0.1, 0.15) is 0 Å². The molecular weight excluding hydrogens is 202 g/mol. The van der Waals surface area contributed by atoms with E-state index < -0.39 is 0 Å². The number of alkyl carbamates (subject to hydrolysis) is 1. The Morgan fingerprint density at radius 3 is 2.06 bits per heavy atom. The summed E-state index contributed by atoms with van der Waals surface area (Å²) in [7, 11) is 1.58. The van der Waals surface area contributed by atoms with Crippen LogP contribution in [-0.4, -0.2) is 19.7 Å². The van der Waals surface area contributed by atoms with Crippen molar-refractivity contribution < 1.29 is 9.53 Å². The third kappa shape index (κ3) is 5.79. The average molecular weight is 227 g/mol. The number of nitrogens with one attached hydrogen (secondary N) is 1. The van der Waals surface area contributed by atoms with Gasteiger partial charge in [-0.25, -0.2) is 4.79 Å². The number of rotatable bonds is 7. The molecule has 94 valence electrons. The molecule has 0 unspecified atom stereocenters. The molecule has 0 aromatic heterocycles. The van der Waals surface area contributed by atoms with Crippen LogP contribution in [0.15, 0.2) is 11.1 Å². The Kier molecular flexibility index (Phi) is 8.68. The van der Waals surface area contributed by atoms with Crippen molar-refractivity contribution in [2.45, 2.75) is 52.9 Å². The van der Waals surface area contributed by atoms with Crippen molar-refractivity contribution >= 4 is 6.09 Å². The van der Waals surface area contributed by atoms with Gasteiger partial charge >= 0.3 is 6.09 Å². The van der Waals surface area contributed by atoms with Crippen LogP contribution in [0.25, 0.3) is 0 Å². The molecule has 0 aromatic rings. The van der Waals surface area contributed by atoms with Crippen molar-refractivity contribution in [1.29, 1.82) is 0 Å². The second-order valence-corrected chi connectivity index (χ2v) is 3.80. The standard InChI is InChI=1S/C13H25NO2/c1-5-8-11(6-2)12(7-3)9-10-16-13(15)14-4/h5-10H2,1-4H3,(H,14,15)/b12-11+. The minimum Gasteiger partial charge on any atom is -0.449 e.